The lowest BCUT2D eigenvalue weighted by atomic mass is 10.0. The van der Waals surface area contributed by atoms with E-state index in [-0.39, 0.29) is 6.42 Å². The molecule has 2 N–H and O–H groups in total. The third-order valence-electron chi connectivity index (χ3n) is 10.4. The average molecular weight is 741 g/mol. The van der Waals surface area contributed by atoms with Gasteiger partial charge in [-0.25, -0.2) is 0 Å². The van der Waals surface area contributed by atoms with E-state index in [1.807, 2.05) is 57.4 Å². The third-order valence-corrected chi connectivity index (χ3v) is 12.6. The number of anilines is 1. The number of thiophene rings is 2. The van der Waals surface area contributed by atoms with Crippen LogP contribution in [-0.2, 0) is 6.54 Å². The van der Waals surface area contributed by atoms with Gasteiger partial charge in [-0.2, -0.15) is 10.5 Å². The number of nitriles is 2. The summed E-state index contributed by atoms with van der Waals surface area (Å²) >= 11 is 3.59. The molecule has 0 bridgehead atoms. The number of para-hydroxylation sites is 1. The normalized spacial score (nSPS) is 14.9. The molecule has 7 aromatic rings. The van der Waals surface area contributed by atoms with Crippen molar-refractivity contribution < 1.29 is 0 Å². The predicted molar refractivity (Wildman–Crippen MR) is 236 cm³/mol. The molecule has 0 amide bonds. The van der Waals surface area contributed by atoms with Crippen LogP contribution < -0.4 is 10.6 Å². The van der Waals surface area contributed by atoms with Crippen molar-refractivity contribution in [2.75, 3.05) is 18.9 Å². The first-order valence-corrected chi connectivity index (χ1v) is 19.9. The van der Waals surface area contributed by atoms with E-state index in [1.165, 1.54) is 35.5 Å². The Balaban J connectivity index is 1.42. The van der Waals surface area contributed by atoms with Crippen molar-refractivity contribution in [1.29, 1.82) is 10.5 Å². The summed E-state index contributed by atoms with van der Waals surface area (Å²) in [5.74, 6) is 0. The topological polar surface area (TPSA) is 81.5 Å². The van der Waals surface area contributed by atoms with Crippen LogP contribution in [0.2, 0.25) is 0 Å². The Bertz CT molecular complexity index is 2920. The van der Waals surface area contributed by atoms with E-state index in [9.17, 15) is 10.5 Å². The molecule has 0 aliphatic carbocycles. The van der Waals surface area contributed by atoms with Crippen molar-refractivity contribution in [3.05, 3.63) is 112 Å². The SMILES string of the molecule is C=Cc1c(/C=C\C)c2c3c4c(sc3ccc2n1/C(=C/C(C#N)=C(\C)n1c2ccccc2c2c3c(NC)c(/C=C\C)sc3ccc21)CC#N)/C=C\CCNC4. The average Bonchev–Trinajstić information content (AvgIpc) is 3.90. The first-order valence-electron chi connectivity index (χ1n) is 18.2. The molecule has 8 rings (SSSR count). The molecule has 8 heteroatoms. The molecule has 0 saturated heterocycles. The zero-order chi connectivity index (χ0) is 37.5. The number of aromatic nitrogens is 2. The molecule has 4 aromatic heterocycles. The summed E-state index contributed by atoms with van der Waals surface area (Å²) in [5.41, 5.74) is 9.38. The van der Waals surface area contributed by atoms with Gasteiger partial charge in [0, 0.05) is 71.8 Å². The van der Waals surface area contributed by atoms with Crippen LogP contribution in [-0.4, -0.2) is 22.7 Å². The lowest BCUT2D eigenvalue weighted by molar-refractivity contribution is 0.697. The van der Waals surface area contributed by atoms with Gasteiger partial charge in [-0.15, -0.1) is 22.7 Å². The van der Waals surface area contributed by atoms with Crippen molar-refractivity contribution in [3.63, 3.8) is 0 Å². The molecule has 0 spiro atoms. The van der Waals surface area contributed by atoms with E-state index in [0.29, 0.717) is 11.3 Å². The van der Waals surface area contributed by atoms with Gasteiger partial charge in [0.1, 0.15) is 6.07 Å². The molecule has 0 unspecified atom stereocenters. The number of hydrogen-bond donors (Lipinski definition) is 2. The first-order chi connectivity index (χ1) is 26.5. The van der Waals surface area contributed by atoms with Gasteiger partial charge in [0.25, 0.3) is 0 Å². The van der Waals surface area contributed by atoms with E-state index in [2.05, 4.69) is 117 Å². The molecular weight excluding hydrogens is 701 g/mol. The summed E-state index contributed by atoms with van der Waals surface area (Å²) in [6, 6.07) is 22.1. The van der Waals surface area contributed by atoms with Gasteiger partial charge >= 0.3 is 0 Å². The Labute approximate surface area is 323 Å². The Hall–Kier alpha value is -5.90. The van der Waals surface area contributed by atoms with Gasteiger partial charge in [-0.3, -0.25) is 0 Å². The number of nitrogens with one attached hydrogen (secondary N) is 2. The highest BCUT2D eigenvalue weighted by atomic mass is 32.1. The van der Waals surface area contributed by atoms with Crippen LogP contribution >= 0.6 is 22.7 Å². The van der Waals surface area contributed by atoms with Gasteiger partial charge in [-0.1, -0.05) is 49.1 Å². The number of nitrogens with zero attached hydrogens (tertiary/aromatic N) is 4. The molecule has 0 fully saturated rings. The zero-order valence-electron chi connectivity index (χ0n) is 30.9. The quantitative estimate of drug-likeness (QED) is 0.120. The van der Waals surface area contributed by atoms with E-state index in [1.54, 1.807) is 11.3 Å². The minimum absolute atomic E-state index is 0.102. The highest BCUT2D eigenvalue weighted by Crippen LogP contribution is 2.46. The predicted octanol–water partition coefficient (Wildman–Crippen LogP) is 12.6. The van der Waals surface area contributed by atoms with E-state index >= 15 is 0 Å². The summed E-state index contributed by atoms with van der Waals surface area (Å²) in [6.45, 7) is 12.1. The number of fused-ring (bicyclic) bond motifs is 10. The second-order valence-electron chi connectivity index (χ2n) is 13.3. The van der Waals surface area contributed by atoms with Crippen molar-refractivity contribution in [1.82, 2.24) is 14.5 Å². The van der Waals surface area contributed by atoms with E-state index in [4.69, 9.17) is 0 Å². The Morgan fingerprint density at radius 2 is 1.69 bits per heavy atom. The largest absolute Gasteiger partial charge is 0.386 e. The molecule has 0 radical (unpaired) electrons. The highest BCUT2D eigenvalue weighted by Gasteiger charge is 2.24. The maximum Gasteiger partial charge on any atom is 0.101 e. The molecule has 1 aliphatic rings. The van der Waals surface area contributed by atoms with Crippen LogP contribution in [0.5, 0.6) is 0 Å². The molecule has 1 aliphatic heterocycles. The fraction of sp³-hybridized carbons (Fsp3) is 0.174. The minimum Gasteiger partial charge on any atom is -0.386 e. The van der Waals surface area contributed by atoms with E-state index < -0.39 is 0 Å². The van der Waals surface area contributed by atoms with Crippen molar-refractivity contribution in [3.8, 4) is 12.1 Å². The van der Waals surface area contributed by atoms with Crippen molar-refractivity contribution >= 4 is 117 Å². The number of allylic oxidation sites excluding steroid dienone is 6. The second-order valence-corrected chi connectivity index (χ2v) is 15.5. The van der Waals surface area contributed by atoms with Crippen LogP contribution in [0.4, 0.5) is 5.69 Å². The standard InChI is InChI=1S/C46H40N6S2/c1-6-13-31-34(8-3)52(37-19-20-39-44(42(31)37)33-27-50-24-12-11-17-38(33)53-39)30(22-23-47)25-29(26-48)28(4)51-35-16-10-9-15-32(35)43-36(51)18-21-40-45(43)46(49-5)41(54-40)14-7-2/h6-11,13-21,25,49-50H,3,12,22,24,27H2,1-2,4-5H3/b13-6-,14-7-,17-11-,29-28-,30-25+. The van der Waals surface area contributed by atoms with Crippen LogP contribution in [0.1, 0.15) is 60.2 Å². The first kappa shape index (κ1) is 35.1. The monoisotopic (exact) mass is 740 g/mol. The second kappa shape index (κ2) is 14.5. The van der Waals surface area contributed by atoms with Crippen LogP contribution in [0.3, 0.4) is 0 Å². The lowest BCUT2D eigenvalue weighted by Crippen LogP contribution is -2.15. The minimum atomic E-state index is 0.102. The Morgan fingerprint density at radius 3 is 2.41 bits per heavy atom. The summed E-state index contributed by atoms with van der Waals surface area (Å²) < 4.78 is 6.78. The Morgan fingerprint density at radius 1 is 0.926 bits per heavy atom. The lowest BCUT2D eigenvalue weighted by Gasteiger charge is -2.14. The molecule has 6 nitrogen and oxygen atoms in total. The maximum atomic E-state index is 10.9. The van der Waals surface area contributed by atoms with Crippen LogP contribution in [0, 0.1) is 22.7 Å². The third kappa shape index (κ3) is 5.46. The molecule has 266 valence electrons. The number of rotatable bonds is 8. The summed E-state index contributed by atoms with van der Waals surface area (Å²) in [7, 11) is 1.98. The maximum absolute atomic E-state index is 10.9. The fourth-order valence-electron chi connectivity index (χ4n) is 8.17. The highest BCUT2D eigenvalue weighted by molar-refractivity contribution is 7.21. The number of hydrogen-bond acceptors (Lipinski definition) is 6. The molecule has 0 atom stereocenters. The molecule has 3 aromatic carbocycles. The zero-order valence-corrected chi connectivity index (χ0v) is 32.5. The van der Waals surface area contributed by atoms with Gasteiger partial charge in [0.15, 0.2) is 0 Å². The summed E-state index contributed by atoms with van der Waals surface area (Å²) in [6.07, 6.45) is 17.8. The van der Waals surface area contributed by atoms with Gasteiger partial charge in [0.2, 0.25) is 0 Å². The summed E-state index contributed by atoms with van der Waals surface area (Å²) in [4.78, 5) is 2.45. The van der Waals surface area contributed by atoms with Crippen LogP contribution in [0.15, 0.2) is 85.0 Å². The summed E-state index contributed by atoms with van der Waals surface area (Å²) in [5, 5.41) is 34.2. The van der Waals surface area contributed by atoms with Gasteiger partial charge < -0.3 is 19.8 Å². The molecule has 0 saturated carbocycles. The molecular formula is C46H40N6S2. The van der Waals surface area contributed by atoms with Crippen molar-refractivity contribution in [2.24, 2.45) is 0 Å². The smallest absolute Gasteiger partial charge is 0.101 e. The molecule has 54 heavy (non-hydrogen) atoms. The molecule has 5 heterocycles. The Kier molecular flexibility index (Phi) is 9.43. The van der Waals surface area contributed by atoms with Gasteiger partial charge in [-0.05, 0) is 93.9 Å². The number of benzene rings is 3. The van der Waals surface area contributed by atoms with Gasteiger partial charge in [0.05, 0.1) is 50.9 Å². The van der Waals surface area contributed by atoms with Crippen molar-refractivity contribution in [2.45, 2.75) is 40.2 Å². The van der Waals surface area contributed by atoms with E-state index in [0.717, 1.165) is 74.9 Å². The fourth-order valence-corrected chi connectivity index (χ4v) is 10.5. The van der Waals surface area contributed by atoms with Crippen LogP contribution in [0.25, 0.3) is 88.6 Å².